The Morgan fingerprint density at radius 3 is 1.93 bits per heavy atom. The molecule has 0 fully saturated rings. The summed E-state index contributed by atoms with van der Waals surface area (Å²) in [4.78, 5) is 0. The Balaban J connectivity index is 1.95. The zero-order valence-corrected chi connectivity index (χ0v) is 18.9. The standard InChI is InChI=1S/C23H22IO3P/c1-16-15-17(2)27-23-20(26-16)13-14-21(22(23)24)28(25,18-9-5-3-6-10-18)19-11-7-4-8-12-19/h3-14,16-17H,15H2,1-2H3/t16-,17-/m1/s1. The summed E-state index contributed by atoms with van der Waals surface area (Å²) in [6.07, 6.45) is 0.926. The first-order valence-electron chi connectivity index (χ1n) is 9.38. The third-order valence-electron chi connectivity index (χ3n) is 4.93. The fraction of sp³-hybridized carbons (Fsp3) is 0.217. The molecule has 0 N–H and O–H groups in total. The SMILES string of the molecule is C[C@@H]1C[C@@H](C)Oc2c(ccc(P(=O)(c3ccccc3)c3ccccc3)c2I)O1. The molecule has 144 valence electrons. The van der Waals surface area contributed by atoms with Gasteiger partial charge < -0.3 is 14.0 Å². The summed E-state index contributed by atoms with van der Waals surface area (Å²) in [5, 5.41) is 2.42. The quantitative estimate of drug-likeness (QED) is 0.378. The summed E-state index contributed by atoms with van der Waals surface area (Å²) in [7, 11) is -3.05. The van der Waals surface area contributed by atoms with Crippen LogP contribution in [0.3, 0.4) is 0 Å². The number of fused-ring (bicyclic) bond motifs is 1. The van der Waals surface area contributed by atoms with Gasteiger partial charge in [-0.25, -0.2) is 0 Å². The normalized spacial score (nSPS) is 19.1. The van der Waals surface area contributed by atoms with Gasteiger partial charge in [0.05, 0.1) is 15.8 Å². The van der Waals surface area contributed by atoms with E-state index in [-0.39, 0.29) is 12.2 Å². The van der Waals surface area contributed by atoms with E-state index in [9.17, 15) is 4.57 Å². The molecule has 2 atom stereocenters. The Kier molecular flexibility index (Phi) is 5.52. The summed E-state index contributed by atoms with van der Waals surface area (Å²) in [5.74, 6) is 1.42. The van der Waals surface area contributed by atoms with Gasteiger partial charge in [0.25, 0.3) is 0 Å². The summed E-state index contributed by atoms with van der Waals surface area (Å²) in [6, 6.07) is 23.2. The van der Waals surface area contributed by atoms with E-state index in [0.29, 0.717) is 5.75 Å². The maximum atomic E-state index is 14.7. The minimum absolute atomic E-state index is 0.0350. The molecule has 0 aromatic heterocycles. The minimum atomic E-state index is -3.05. The predicted octanol–water partition coefficient (Wildman–Crippen LogP) is 4.87. The van der Waals surface area contributed by atoms with Crippen LogP contribution in [0.5, 0.6) is 11.5 Å². The molecule has 3 aromatic rings. The van der Waals surface area contributed by atoms with Crippen LogP contribution in [-0.2, 0) is 4.57 Å². The fourth-order valence-electron chi connectivity index (χ4n) is 3.66. The second kappa shape index (κ2) is 7.92. The average Bonchev–Trinajstić information content (AvgIpc) is 2.86. The number of halogens is 1. The van der Waals surface area contributed by atoms with Crippen LogP contribution in [0.25, 0.3) is 0 Å². The zero-order valence-electron chi connectivity index (χ0n) is 15.8. The zero-order chi connectivity index (χ0) is 19.7. The van der Waals surface area contributed by atoms with Crippen LogP contribution in [0, 0.1) is 3.57 Å². The van der Waals surface area contributed by atoms with Crippen molar-refractivity contribution in [1.82, 2.24) is 0 Å². The molecule has 0 amide bonds. The highest BCUT2D eigenvalue weighted by Crippen LogP contribution is 2.47. The molecule has 3 nitrogen and oxygen atoms in total. The number of rotatable bonds is 3. The van der Waals surface area contributed by atoms with Gasteiger partial charge in [0.2, 0.25) is 0 Å². The lowest BCUT2D eigenvalue weighted by Gasteiger charge is -2.23. The number of ether oxygens (including phenoxy) is 2. The molecule has 0 aliphatic carbocycles. The molecule has 0 unspecified atom stereocenters. The van der Waals surface area contributed by atoms with Crippen molar-refractivity contribution >= 4 is 45.6 Å². The van der Waals surface area contributed by atoms with E-state index in [2.05, 4.69) is 29.5 Å². The van der Waals surface area contributed by atoms with Crippen LogP contribution in [0.4, 0.5) is 0 Å². The van der Waals surface area contributed by atoms with Crippen LogP contribution >= 0.6 is 29.7 Å². The van der Waals surface area contributed by atoms with E-state index in [1.165, 1.54) is 0 Å². The molecule has 1 heterocycles. The molecule has 0 saturated heterocycles. The van der Waals surface area contributed by atoms with Crippen molar-refractivity contribution in [2.45, 2.75) is 32.5 Å². The molecule has 28 heavy (non-hydrogen) atoms. The van der Waals surface area contributed by atoms with Gasteiger partial charge in [-0.3, -0.25) is 0 Å². The van der Waals surface area contributed by atoms with Crippen LogP contribution < -0.4 is 25.4 Å². The molecule has 4 rings (SSSR count). The molecule has 0 radical (unpaired) electrons. The highest BCUT2D eigenvalue weighted by molar-refractivity contribution is 14.1. The smallest absolute Gasteiger partial charge is 0.175 e. The Morgan fingerprint density at radius 2 is 1.36 bits per heavy atom. The van der Waals surface area contributed by atoms with E-state index in [0.717, 1.165) is 31.7 Å². The predicted molar refractivity (Wildman–Crippen MR) is 123 cm³/mol. The Morgan fingerprint density at radius 1 is 0.821 bits per heavy atom. The van der Waals surface area contributed by atoms with E-state index in [1.807, 2.05) is 79.7 Å². The summed E-state index contributed by atoms with van der Waals surface area (Å²) < 4.78 is 27.8. The molecule has 3 aromatic carbocycles. The van der Waals surface area contributed by atoms with Crippen LogP contribution in [0.2, 0.25) is 0 Å². The first-order valence-corrected chi connectivity index (χ1v) is 12.2. The monoisotopic (exact) mass is 504 g/mol. The number of hydrogen-bond acceptors (Lipinski definition) is 3. The van der Waals surface area contributed by atoms with Crippen molar-refractivity contribution in [3.05, 3.63) is 76.4 Å². The number of hydrogen-bond donors (Lipinski definition) is 0. The molecule has 1 aliphatic rings. The third kappa shape index (κ3) is 3.48. The van der Waals surface area contributed by atoms with Crippen molar-refractivity contribution in [3.8, 4) is 11.5 Å². The van der Waals surface area contributed by atoms with Gasteiger partial charge in [0.1, 0.15) is 0 Å². The Labute approximate surface area is 179 Å². The lowest BCUT2D eigenvalue weighted by Crippen LogP contribution is -2.27. The Hall–Kier alpha value is -1.78. The first-order chi connectivity index (χ1) is 13.5. The molecule has 0 saturated carbocycles. The Bertz CT molecular complexity index is 977. The van der Waals surface area contributed by atoms with Crippen molar-refractivity contribution in [2.24, 2.45) is 0 Å². The molecular formula is C23H22IO3P. The van der Waals surface area contributed by atoms with Gasteiger partial charge >= 0.3 is 0 Å². The van der Waals surface area contributed by atoms with Crippen LogP contribution in [-0.4, -0.2) is 12.2 Å². The van der Waals surface area contributed by atoms with Crippen molar-refractivity contribution in [2.75, 3.05) is 0 Å². The minimum Gasteiger partial charge on any atom is -0.487 e. The lowest BCUT2D eigenvalue weighted by molar-refractivity contribution is 0.168. The van der Waals surface area contributed by atoms with Crippen molar-refractivity contribution in [1.29, 1.82) is 0 Å². The van der Waals surface area contributed by atoms with Crippen LogP contribution in [0.15, 0.2) is 72.8 Å². The first kappa shape index (κ1) is 19.5. The highest BCUT2D eigenvalue weighted by Gasteiger charge is 2.34. The van der Waals surface area contributed by atoms with Gasteiger partial charge in [0, 0.05) is 22.3 Å². The van der Waals surface area contributed by atoms with E-state index in [1.54, 1.807) is 0 Å². The van der Waals surface area contributed by atoms with E-state index < -0.39 is 7.14 Å². The third-order valence-corrected chi connectivity index (χ3v) is 9.53. The molecule has 1 aliphatic heterocycles. The molecular weight excluding hydrogens is 482 g/mol. The average molecular weight is 504 g/mol. The summed E-state index contributed by atoms with van der Waals surface area (Å²) in [6.45, 7) is 4.10. The van der Waals surface area contributed by atoms with Gasteiger partial charge in [-0.2, -0.15) is 0 Å². The molecule has 0 bridgehead atoms. The second-order valence-corrected chi connectivity index (χ2v) is 10.9. The van der Waals surface area contributed by atoms with Crippen molar-refractivity contribution < 1.29 is 14.0 Å². The largest absolute Gasteiger partial charge is 0.487 e. The maximum absolute atomic E-state index is 14.7. The van der Waals surface area contributed by atoms with E-state index >= 15 is 0 Å². The van der Waals surface area contributed by atoms with E-state index in [4.69, 9.17) is 9.47 Å². The second-order valence-electron chi connectivity index (χ2n) is 7.10. The summed E-state index contributed by atoms with van der Waals surface area (Å²) >= 11 is 2.26. The van der Waals surface area contributed by atoms with Crippen molar-refractivity contribution in [3.63, 3.8) is 0 Å². The lowest BCUT2D eigenvalue weighted by atomic mass is 10.2. The molecule has 5 heteroatoms. The topological polar surface area (TPSA) is 35.5 Å². The van der Waals surface area contributed by atoms with Crippen LogP contribution in [0.1, 0.15) is 20.3 Å². The van der Waals surface area contributed by atoms with Gasteiger partial charge in [-0.05, 0) is 48.6 Å². The van der Waals surface area contributed by atoms with Gasteiger partial charge in [0.15, 0.2) is 18.6 Å². The fourth-order valence-corrected chi connectivity index (χ4v) is 7.95. The molecule has 0 spiro atoms. The summed E-state index contributed by atoms with van der Waals surface area (Å²) in [5.41, 5.74) is 0. The highest BCUT2D eigenvalue weighted by atomic mass is 127. The van der Waals surface area contributed by atoms with Gasteiger partial charge in [-0.15, -0.1) is 0 Å². The maximum Gasteiger partial charge on any atom is 0.175 e. The number of benzene rings is 3. The van der Waals surface area contributed by atoms with Gasteiger partial charge in [-0.1, -0.05) is 60.7 Å².